The minimum atomic E-state index is -1.19. The number of aromatic nitrogens is 8. The van der Waals surface area contributed by atoms with Gasteiger partial charge < -0.3 is 5.11 Å². The minimum absolute atomic E-state index is 0.0563. The van der Waals surface area contributed by atoms with Gasteiger partial charge in [0.15, 0.2) is 11.9 Å². The van der Waals surface area contributed by atoms with Crippen LogP contribution in [-0.4, -0.2) is 95.8 Å². The Kier molecular flexibility index (Phi) is 6.92. The molecule has 2 amide bonds. The fourth-order valence-corrected chi connectivity index (χ4v) is 7.14. The number of carboxylic acid groups (broad SMARTS) is 1. The molecule has 0 spiro atoms. The predicted molar refractivity (Wildman–Crippen MR) is 128 cm³/mol. The van der Waals surface area contributed by atoms with Gasteiger partial charge in [-0.2, -0.15) is 0 Å². The van der Waals surface area contributed by atoms with Crippen molar-refractivity contribution in [2.75, 3.05) is 11.5 Å². The van der Waals surface area contributed by atoms with E-state index in [1.165, 1.54) is 56.3 Å². The summed E-state index contributed by atoms with van der Waals surface area (Å²) in [7, 11) is 0. The molecule has 2 aromatic heterocycles. The summed E-state index contributed by atoms with van der Waals surface area (Å²) in [5.74, 6) is -0.784. The van der Waals surface area contributed by atoms with Gasteiger partial charge in [-0.05, 0) is 50.5 Å². The predicted octanol–water partition coefficient (Wildman–Crippen LogP) is 0.505. The molecular weight excluding hydrogens is 528 g/mol. The molecule has 186 valence electrons. The van der Waals surface area contributed by atoms with Gasteiger partial charge in [-0.1, -0.05) is 30.0 Å². The van der Waals surface area contributed by atoms with Crippen molar-refractivity contribution in [3.8, 4) is 0 Å². The van der Waals surface area contributed by atoms with E-state index in [-0.39, 0.29) is 23.9 Å². The molecule has 2 N–H and O–H groups in total. The first kappa shape index (κ1) is 24.3. The van der Waals surface area contributed by atoms with Gasteiger partial charge in [0.05, 0.1) is 0 Å². The number of aromatic amines is 1. The maximum absolute atomic E-state index is 13.2. The summed E-state index contributed by atoms with van der Waals surface area (Å²) in [4.78, 5) is 39.9. The Bertz CT molecular complexity index is 1320. The van der Waals surface area contributed by atoms with Gasteiger partial charge in [0, 0.05) is 23.3 Å². The van der Waals surface area contributed by atoms with Gasteiger partial charge >= 0.3 is 5.97 Å². The molecule has 0 radical (unpaired) electrons. The Balaban J connectivity index is 1.32. The molecule has 2 atom stereocenters. The Morgan fingerprint density at radius 1 is 1.25 bits per heavy atom. The van der Waals surface area contributed by atoms with Crippen LogP contribution in [0.1, 0.15) is 12.7 Å². The highest BCUT2D eigenvalue weighted by atomic mass is 32.2. The maximum atomic E-state index is 13.2. The summed E-state index contributed by atoms with van der Waals surface area (Å²) >= 11 is 3.85. The first-order valence-corrected chi connectivity index (χ1v) is 13.3. The number of nitrogens with one attached hydrogen (secondary N) is 1. The smallest absolute Gasteiger partial charge is 0.352 e. The molecule has 14 nitrogen and oxygen atoms in total. The molecule has 0 bridgehead atoms. The third kappa shape index (κ3) is 4.68. The Hall–Kier alpha value is -3.44. The van der Waals surface area contributed by atoms with E-state index in [1.807, 2.05) is 30.3 Å². The number of carboxylic acids is 1. The molecule has 1 fully saturated rings. The zero-order valence-corrected chi connectivity index (χ0v) is 21.0. The highest BCUT2D eigenvalue weighted by Gasteiger charge is 2.57. The molecule has 3 aromatic rings. The quantitative estimate of drug-likeness (QED) is 0.216. The first-order valence-electron chi connectivity index (χ1n) is 10.5. The number of amides is 2. The molecule has 36 heavy (non-hydrogen) atoms. The number of carbonyl (C=O) groups is 3. The number of H-pyrrole nitrogens is 1. The van der Waals surface area contributed by atoms with Crippen molar-refractivity contribution in [3.63, 3.8) is 0 Å². The second kappa shape index (κ2) is 10.3. The van der Waals surface area contributed by atoms with Crippen molar-refractivity contribution < 1.29 is 19.5 Å². The van der Waals surface area contributed by atoms with Gasteiger partial charge in [0.1, 0.15) is 17.6 Å². The Morgan fingerprint density at radius 3 is 2.75 bits per heavy atom. The van der Waals surface area contributed by atoms with Crippen LogP contribution in [0.3, 0.4) is 0 Å². The van der Waals surface area contributed by atoms with Crippen molar-refractivity contribution in [3.05, 3.63) is 47.4 Å². The van der Waals surface area contributed by atoms with Crippen LogP contribution < -0.4 is 0 Å². The first-order chi connectivity index (χ1) is 17.4. The number of β-lactam (4-membered cyclic amide) rings is 1. The molecule has 1 aromatic carbocycles. The average molecular weight is 547 g/mol. The van der Waals surface area contributed by atoms with Gasteiger partial charge in [0.25, 0.3) is 5.91 Å². The normalized spacial score (nSPS) is 19.1. The lowest BCUT2D eigenvalue weighted by Gasteiger charge is -2.52. The summed E-state index contributed by atoms with van der Waals surface area (Å²) in [5.41, 5.74) is 0.515. The zero-order valence-electron chi connectivity index (χ0n) is 18.6. The number of fused-ring (bicyclic) bond motifs is 1. The number of hydrogen-bond donors (Lipinski definition) is 2. The van der Waals surface area contributed by atoms with Crippen LogP contribution in [0.25, 0.3) is 0 Å². The minimum Gasteiger partial charge on any atom is -0.477 e. The number of rotatable bonds is 9. The number of nitrogens with zero attached hydrogens (tertiary/aromatic N) is 9. The molecule has 0 aliphatic carbocycles. The van der Waals surface area contributed by atoms with Gasteiger partial charge in [-0.25, -0.2) is 14.6 Å². The summed E-state index contributed by atoms with van der Waals surface area (Å²) < 4.78 is 2.92. The number of hydrogen-bond acceptors (Lipinski definition) is 12. The maximum Gasteiger partial charge on any atom is 0.352 e. The van der Waals surface area contributed by atoms with Crippen molar-refractivity contribution in [2.45, 2.75) is 34.9 Å². The highest BCUT2D eigenvalue weighted by molar-refractivity contribution is 8.01. The second-order valence-corrected chi connectivity index (χ2v) is 10.7. The molecular formula is C19H18N10O4S3. The largest absolute Gasteiger partial charge is 0.477 e. The summed E-state index contributed by atoms with van der Waals surface area (Å²) in [5, 5.41) is 35.0. The van der Waals surface area contributed by atoms with Crippen molar-refractivity contribution in [1.29, 1.82) is 0 Å². The van der Waals surface area contributed by atoms with E-state index < -0.39 is 23.3 Å². The fraction of sp³-hybridized carbons (Fsp3) is 0.316. The van der Waals surface area contributed by atoms with Crippen LogP contribution in [-0.2, 0) is 20.9 Å². The van der Waals surface area contributed by atoms with Gasteiger partial charge in [0.2, 0.25) is 11.1 Å². The number of benzene rings is 1. The topological polar surface area (TPSA) is 176 Å². The molecule has 4 heterocycles. The lowest BCUT2D eigenvalue weighted by molar-refractivity contribution is -0.154. The van der Waals surface area contributed by atoms with E-state index in [0.29, 0.717) is 22.3 Å². The SMILES string of the molecule is CC(=O)N(Sc1ccccc1)[C@@H]1C(=O)N2C(C(=O)O)=C(CSc3nnnn3Cc3nnn[nH]3)CS[C@@H]12. The summed E-state index contributed by atoms with van der Waals surface area (Å²) in [6, 6.07) is 8.49. The molecule has 1 saturated heterocycles. The molecule has 2 aliphatic heterocycles. The van der Waals surface area contributed by atoms with E-state index in [4.69, 9.17) is 0 Å². The Morgan fingerprint density at radius 2 is 2.06 bits per heavy atom. The van der Waals surface area contributed by atoms with Crippen LogP contribution in [0, 0.1) is 0 Å². The monoisotopic (exact) mass is 546 g/mol. The van der Waals surface area contributed by atoms with E-state index >= 15 is 0 Å². The van der Waals surface area contributed by atoms with E-state index in [2.05, 4.69) is 36.1 Å². The molecule has 0 saturated carbocycles. The van der Waals surface area contributed by atoms with Gasteiger partial charge in [-0.15, -0.1) is 22.0 Å². The molecule has 0 unspecified atom stereocenters. The van der Waals surface area contributed by atoms with Crippen molar-refractivity contribution in [1.82, 2.24) is 50.0 Å². The van der Waals surface area contributed by atoms with Crippen LogP contribution in [0.4, 0.5) is 0 Å². The third-order valence-corrected chi connectivity index (χ3v) is 8.83. The van der Waals surface area contributed by atoms with E-state index in [0.717, 1.165) is 4.90 Å². The van der Waals surface area contributed by atoms with Crippen molar-refractivity contribution in [2.24, 2.45) is 0 Å². The van der Waals surface area contributed by atoms with Crippen LogP contribution in [0.15, 0.2) is 51.7 Å². The number of tetrazole rings is 2. The van der Waals surface area contributed by atoms with Crippen LogP contribution >= 0.6 is 35.5 Å². The van der Waals surface area contributed by atoms with Crippen LogP contribution in [0.5, 0.6) is 0 Å². The summed E-state index contributed by atoms with van der Waals surface area (Å²) in [6.45, 7) is 1.62. The van der Waals surface area contributed by atoms with Crippen molar-refractivity contribution >= 4 is 53.3 Å². The Labute approximate surface area is 216 Å². The molecule has 5 rings (SSSR count). The third-order valence-electron chi connectivity index (χ3n) is 5.29. The fourth-order valence-electron chi connectivity index (χ4n) is 3.71. The zero-order chi connectivity index (χ0) is 25.2. The van der Waals surface area contributed by atoms with E-state index in [9.17, 15) is 19.5 Å². The number of carbonyl (C=O) groups excluding carboxylic acids is 2. The number of aliphatic carboxylic acids is 1. The van der Waals surface area contributed by atoms with Gasteiger partial charge in [-0.3, -0.25) is 18.8 Å². The standard InChI is InChI=1S/C19H18N10O4S3/c1-10(30)29(36-12-5-3-2-4-6-12)15-16(31)28-14(18(32)33)11(8-34-17(15)28)9-35-19-22-25-26-27(19)7-13-20-23-24-21-13/h2-6,15,17H,7-9H2,1H3,(H,32,33)(H,20,21,23,24)/t15-,17+/m1/s1. The summed E-state index contributed by atoms with van der Waals surface area (Å²) in [6.07, 6.45) is 0. The average Bonchev–Trinajstić information content (AvgIpc) is 3.54. The lowest BCUT2D eigenvalue weighted by Crippen LogP contribution is -2.70. The lowest BCUT2D eigenvalue weighted by atomic mass is 10.0. The molecule has 17 heteroatoms. The van der Waals surface area contributed by atoms with Crippen LogP contribution in [0.2, 0.25) is 0 Å². The second-order valence-electron chi connectivity index (χ2n) is 7.62. The molecule has 2 aliphatic rings. The highest BCUT2D eigenvalue weighted by Crippen LogP contribution is 2.45. The van der Waals surface area contributed by atoms with E-state index in [1.54, 1.807) is 0 Å². The number of thioether (sulfide) groups is 2.